The Bertz CT molecular complexity index is 583. The van der Waals surface area contributed by atoms with Gasteiger partial charge in [0.15, 0.2) is 0 Å². The van der Waals surface area contributed by atoms with E-state index in [2.05, 4.69) is 30.8 Å². The van der Waals surface area contributed by atoms with Crippen LogP contribution in [0, 0.1) is 0 Å². The molecule has 0 spiro atoms. The summed E-state index contributed by atoms with van der Waals surface area (Å²) in [4.78, 5) is 15.5. The second kappa shape index (κ2) is 5.97. The summed E-state index contributed by atoms with van der Waals surface area (Å²) in [6, 6.07) is 7.61. The summed E-state index contributed by atoms with van der Waals surface area (Å²) in [5.41, 5.74) is 0.856. The summed E-state index contributed by atoms with van der Waals surface area (Å²) in [6.07, 6.45) is 0.219. The first kappa shape index (κ1) is 13.7. The number of aromatic nitrogens is 2. The van der Waals surface area contributed by atoms with Crippen LogP contribution in [0.4, 0.5) is 0 Å². The van der Waals surface area contributed by atoms with Gasteiger partial charge in [0.2, 0.25) is 11.7 Å². The third-order valence-corrected chi connectivity index (χ3v) is 3.14. The molecule has 0 aliphatic carbocycles. The molecule has 0 unspecified atom stereocenters. The van der Waals surface area contributed by atoms with Gasteiger partial charge < -0.3 is 9.26 Å². The molecule has 1 atom stereocenters. The smallest absolute Gasteiger partial charge is 0.306 e. The molecule has 2 aromatic rings. The number of carbonyl (C=O) groups excluding carboxylic acids is 1. The predicted octanol–water partition coefficient (Wildman–Crippen LogP) is 3.17. The first-order valence-corrected chi connectivity index (χ1v) is 6.56. The van der Waals surface area contributed by atoms with Gasteiger partial charge in [-0.1, -0.05) is 40.1 Å². The first-order chi connectivity index (χ1) is 9.10. The zero-order chi connectivity index (χ0) is 13.8. The van der Waals surface area contributed by atoms with Crippen LogP contribution in [0.1, 0.15) is 25.2 Å². The number of esters is 1. The topological polar surface area (TPSA) is 65.2 Å². The minimum atomic E-state index is -0.297. The van der Waals surface area contributed by atoms with E-state index in [0.717, 1.165) is 10.0 Å². The molecule has 19 heavy (non-hydrogen) atoms. The zero-order valence-corrected chi connectivity index (χ0v) is 12.2. The quantitative estimate of drug-likeness (QED) is 0.808. The molecule has 1 heterocycles. The normalized spacial score (nSPS) is 12.2. The van der Waals surface area contributed by atoms with Crippen molar-refractivity contribution in [1.82, 2.24) is 10.1 Å². The molecule has 5 nitrogen and oxygen atoms in total. The van der Waals surface area contributed by atoms with Crippen LogP contribution >= 0.6 is 15.9 Å². The van der Waals surface area contributed by atoms with E-state index in [1.165, 1.54) is 7.11 Å². The largest absolute Gasteiger partial charge is 0.469 e. The lowest BCUT2D eigenvalue weighted by molar-refractivity contribution is -0.141. The van der Waals surface area contributed by atoms with E-state index >= 15 is 0 Å². The van der Waals surface area contributed by atoms with Crippen molar-refractivity contribution >= 4 is 21.9 Å². The van der Waals surface area contributed by atoms with Gasteiger partial charge in [0.25, 0.3) is 0 Å². The molecular weight excluding hydrogens is 312 g/mol. The Balaban J connectivity index is 2.17. The Morgan fingerprint density at radius 2 is 2.32 bits per heavy atom. The van der Waals surface area contributed by atoms with E-state index in [-0.39, 0.29) is 18.3 Å². The second-order valence-corrected chi connectivity index (χ2v) is 5.06. The predicted molar refractivity (Wildman–Crippen MR) is 72.5 cm³/mol. The lowest BCUT2D eigenvalue weighted by Gasteiger charge is -2.03. The van der Waals surface area contributed by atoms with Crippen LogP contribution < -0.4 is 0 Å². The monoisotopic (exact) mass is 324 g/mol. The van der Waals surface area contributed by atoms with Gasteiger partial charge in [-0.15, -0.1) is 0 Å². The molecule has 2 rings (SSSR count). The second-order valence-electron chi connectivity index (χ2n) is 4.15. The number of hydrogen-bond donors (Lipinski definition) is 0. The number of benzene rings is 1. The van der Waals surface area contributed by atoms with E-state index < -0.39 is 0 Å². The first-order valence-electron chi connectivity index (χ1n) is 5.76. The zero-order valence-electron chi connectivity index (χ0n) is 10.6. The number of ether oxygens (including phenoxy) is 1. The van der Waals surface area contributed by atoms with Gasteiger partial charge in [-0.2, -0.15) is 4.98 Å². The van der Waals surface area contributed by atoms with Crippen molar-refractivity contribution in [2.75, 3.05) is 7.11 Å². The van der Waals surface area contributed by atoms with Crippen molar-refractivity contribution in [2.24, 2.45) is 0 Å². The summed E-state index contributed by atoms with van der Waals surface area (Å²) in [7, 11) is 1.36. The van der Waals surface area contributed by atoms with Crippen LogP contribution in [-0.4, -0.2) is 23.2 Å². The fourth-order valence-corrected chi connectivity index (χ4v) is 2.00. The molecule has 100 valence electrons. The van der Waals surface area contributed by atoms with Crippen molar-refractivity contribution in [3.8, 4) is 11.4 Å². The van der Waals surface area contributed by atoms with Gasteiger partial charge in [-0.05, 0) is 12.1 Å². The Hall–Kier alpha value is -1.69. The lowest BCUT2D eigenvalue weighted by atomic mass is 10.1. The molecule has 0 fully saturated rings. The highest BCUT2D eigenvalue weighted by Crippen LogP contribution is 2.23. The molecule has 1 aromatic carbocycles. The standard InChI is InChI=1S/C13H13BrN2O3/c1-8(6-11(17)18-2)13-15-12(16-19-13)9-4-3-5-10(14)7-9/h3-5,7-8H,6H2,1-2H3/t8-/m0/s1. The van der Waals surface area contributed by atoms with Crippen molar-refractivity contribution < 1.29 is 14.1 Å². The van der Waals surface area contributed by atoms with Gasteiger partial charge in [-0.3, -0.25) is 4.79 Å². The fourth-order valence-electron chi connectivity index (χ4n) is 1.60. The van der Waals surface area contributed by atoms with Crippen LogP contribution in [-0.2, 0) is 9.53 Å². The van der Waals surface area contributed by atoms with E-state index in [0.29, 0.717) is 11.7 Å². The average Bonchev–Trinajstić information content (AvgIpc) is 2.88. The summed E-state index contributed by atoms with van der Waals surface area (Å²) >= 11 is 3.39. The maximum Gasteiger partial charge on any atom is 0.306 e. The molecule has 0 N–H and O–H groups in total. The molecule has 0 aliphatic rings. The molecule has 0 saturated carbocycles. The maximum atomic E-state index is 11.2. The number of halogens is 1. The Labute approximate surface area is 119 Å². The van der Waals surface area contributed by atoms with Crippen LogP contribution in [0.2, 0.25) is 0 Å². The van der Waals surface area contributed by atoms with Crippen LogP contribution in [0.25, 0.3) is 11.4 Å². The van der Waals surface area contributed by atoms with Gasteiger partial charge in [0.05, 0.1) is 13.5 Å². The van der Waals surface area contributed by atoms with Crippen molar-refractivity contribution in [2.45, 2.75) is 19.3 Å². The van der Waals surface area contributed by atoms with Crippen molar-refractivity contribution in [3.05, 3.63) is 34.6 Å². The van der Waals surface area contributed by atoms with E-state index in [4.69, 9.17) is 4.52 Å². The number of hydrogen-bond acceptors (Lipinski definition) is 5. The molecule has 1 aromatic heterocycles. The SMILES string of the molecule is COC(=O)C[C@H](C)c1nc(-c2cccc(Br)c2)no1. The van der Waals surface area contributed by atoms with Crippen LogP contribution in [0.15, 0.2) is 33.3 Å². The molecule has 0 radical (unpaired) electrons. The molecular formula is C13H13BrN2O3. The Kier molecular flexibility index (Phi) is 4.31. The summed E-state index contributed by atoms with van der Waals surface area (Å²) in [6.45, 7) is 1.84. The highest BCUT2D eigenvalue weighted by molar-refractivity contribution is 9.10. The number of methoxy groups -OCH3 is 1. The number of rotatable bonds is 4. The van der Waals surface area contributed by atoms with E-state index in [9.17, 15) is 4.79 Å². The van der Waals surface area contributed by atoms with Crippen molar-refractivity contribution in [3.63, 3.8) is 0 Å². The third kappa shape index (κ3) is 3.41. The molecule has 0 amide bonds. The Morgan fingerprint density at radius 3 is 3.00 bits per heavy atom. The van der Waals surface area contributed by atoms with Gasteiger partial charge in [-0.25, -0.2) is 0 Å². The van der Waals surface area contributed by atoms with E-state index in [1.54, 1.807) is 0 Å². The molecule has 6 heteroatoms. The molecule has 0 aliphatic heterocycles. The fraction of sp³-hybridized carbons (Fsp3) is 0.308. The molecule has 0 saturated heterocycles. The number of nitrogens with zero attached hydrogens (tertiary/aromatic N) is 2. The number of carbonyl (C=O) groups is 1. The summed E-state index contributed by atoms with van der Waals surface area (Å²) in [5.74, 6) is 0.476. The van der Waals surface area contributed by atoms with E-state index in [1.807, 2.05) is 31.2 Å². The third-order valence-electron chi connectivity index (χ3n) is 2.65. The highest BCUT2D eigenvalue weighted by Gasteiger charge is 2.18. The summed E-state index contributed by atoms with van der Waals surface area (Å²) < 4.78 is 10.7. The van der Waals surface area contributed by atoms with Crippen LogP contribution in [0.5, 0.6) is 0 Å². The maximum absolute atomic E-state index is 11.2. The van der Waals surface area contributed by atoms with Crippen molar-refractivity contribution in [1.29, 1.82) is 0 Å². The minimum absolute atomic E-state index is 0.166. The Morgan fingerprint density at radius 1 is 1.53 bits per heavy atom. The van der Waals surface area contributed by atoms with Gasteiger partial charge in [0, 0.05) is 16.0 Å². The molecule has 0 bridgehead atoms. The van der Waals surface area contributed by atoms with Gasteiger partial charge >= 0.3 is 5.97 Å². The lowest BCUT2D eigenvalue weighted by Crippen LogP contribution is -2.06. The average molecular weight is 325 g/mol. The van der Waals surface area contributed by atoms with Crippen LogP contribution in [0.3, 0.4) is 0 Å². The highest BCUT2D eigenvalue weighted by atomic mass is 79.9. The minimum Gasteiger partial charge on any atom is -0.469 e. The van der Waals surface area contributed by atoms with Gasteiger partial charge in [0.1, 0.15) is 0 Å². The summed E-state index contributed by atoms with van der Waals surface area (Å²) in [5, 5.41) is 3.92.